The van der Waals surface area contributed by atoms with Crippen LogP contribution in [0.3, 0.4) is 0 Å². The van der Waals surface area contributed by atoms with E-state index >= 15 is 0 Å². The number of aromatic amines is 1. The Morgan fingerprint density at radius 3 is 2.42 bits per heavy atom. The summed E-state index contributed by atoms with van der Waals surface area (Å²) in [5, 5.41) is 2.27. The van der Waals surface area contributed by atoms with E-state index in [0.717, 1.165) is 0 Å². The highest BCUT2D eigenvalue weighted by molar-refractivity contribution is 7.92. The number of rotatable bonds is 6. The first kappa shape index (κ1) is 22.6. The van der Waals surface area contributed by atoms with Gasteiger partial charge in [-0.15, -0.1) is 0 Å². The molecule has 0 saturated carbocycles. The summed E-state index contributed by atoms with van der Waals surface area (Å²) < 4.78 is 38.8. The molecule has 0 fully saturated rings. The zero-order valence-electron chi connectivity index (χ0n) is 18.3. The van der Waals surface area contributed by atoms with Crippen molar-refractivity contribution in [2.75, 3.05) is 0 Å². The highest BCUT2D eigenvalue weighted by Gasteiger charge is 2.21. The van der Waals surface area contributed by atoms with Crippen LogP contribution in [0.4, 0.5) is 4.39 Å². The first-order valence-electron chi connectivity index (χ1n) is 10.4. The zero-order valence-corrected chi connectivity index (χ0v) is 19.2. The van der Waals surface area contributed by atoms with Gasteiger partial charge in [-0.2, -0.15) is 0 Å². The fraction of sp³-hybridized carbons (Fsp3) is 0.208. The number of amides is 1. The molecule has 4 rings (SSSR count). The Bertz CT molecular complexity index is 1430. The number of carbonyl (C=O) groups excluding carboxylic acids is 1. The Morgan fingerprint density at radius 2 is 1.76 bits per heavy atom. The first-order valence-corrected chi connectivity index (χ1v) is 12.0. The van der Waals surface area contributed by atoms with Gasteiger partial charge in [-0.05, 0) is 39.0 Å². The molecule has 2 aromatic heterocycles. The summed E-state index contributed by atoms with van der Waals surface area (Å²) in [5.74, 6) is -0.809. The van der Waals surface area contributed by atoms with Crippen LogP contribution in [-0.4, -0.2) is 34.5 Å². The van der Waals surface area contributed by atoms with E-state index < -0.39 is 32.9 Å². The number of hydrogen-bond acceptors (Lipinski definition) is 5. The quantitative estimate of drug-likeness (QED) is 0.437. The van der Waals surface area contributed by atoms with Gasteiger partial charge in [0.1, 0.15) is 11.3 Å². The van der Waals surface area contributed by atoms with E-state index in [1.165, 1.54) is 24.4 Å². The predicted molar refractivity (Wildman–Crippen MR) is 124 cm³/mol. The molecule has 170 valence electrons. The van der Waals surface area contributed by atoms with Gasteiger partial charge >= 0.3 is 0 Å². The SMILES string of the molecule is CC(C)S(=O)(=O)c1ccc(-c2cnc3[nH]cc(C(=O)N[C@@H](C)c4ccccc4F)c3n2)cc1. The maximum absolute atomic E-state index is 14.1. The summed E-state index contributed by atoms with van der Waals surface area (Å²) in [6.07, 6.45) is 3.06. The minimum absolute atomic E-state index is 0.235. The number of hydrogen-bond donors (Lipinski definition) is 2. The molecule has 0 aliphatic heterocycles. The molecule has 0 aliphatic rings. The second kappa shape index (κ2) is 8.74. The maximum atomic E-state index is 14.1. The molecule has 0 unspecified atom stereocenters. The van der Waals surface area contributed by atoms with E-state index in [1.54, 1.807) is 57.3 Å². The molecule has 2 heterocycles. The molecule has 0 spiro atoms. The average molecular weight is 467 g/mol. The molecular formula is C24H23FN4O3S. The van der Waals surface area contributed by atoms with Gasteiger partial charge in [0.15, 0.2) is 15.5 Å². The van der Waals surface area contributed by atoms with Gasteiger partial charge in [-0.3, -0.25) is 4.79 Å². The van der Waals surface area contributed by atoms with Crippen molar-refractivity contribution in [3.8, 4) is 11.3 Å². The molecule has 33 heavy (non-hydrogen) atoms. The smallest absolute Gasteiger partial charge is 0.255 e. The van der Waals surface area contributed by atoms with Crippen molar-refractivity contribution in [1.82, 2.24) is 20.3 Å². The Hall–Kier alpha value is -3.59. The van der Waals surface area contributed by atoms with Gasteiger partial charge in [0.2, 0.25) is 0 Å². The molecule has 7 nitrogen and oxygen atoms in total. The average Bonchev–Trinajstić information content (AvgIpc) is 3.22. The van der Waals surface area contributed by atoms with Gasteiger partial charge in [-0.1, -0.05) is 30.3 Å². The summed E-state index contributed by atoms with van der Waals surface area (Å²) in [4.78, 5) is 25.0. The fourth-order valence-corrected chi connectivity index (χ4v) is 4.53. The van der Waals surface area contributed by atoms with Gasteiger partial charge in [0, 0.05) is 17.3 Å². The van der Waals surface area contributed by atoms with Crippen molar-refractivity contribution >= 4 is 26.9 Å². The monoisotopic (exact) mass is 466 g/mol. The minimum atomic E-state index is -3.38. The van der Waals surface area contributed by atoms with Gasteiger partial charge in [-0.25, -0.2) is 22.8 Å². The van der Waals surface area contributed by atoms with Crippen LogP contribution in [0.5, 0.6) is 0 Å². The lowest BCUT2D eigenvalue weighted by Crippen LogP contribution is -2.27. The number of halogens is 1. The van der Waals surface area contributed by atoms with Crippen molar-refractivity contribution < 1.29 is 17.6 Å². The Balaban J connectivity index is 1.63. The highest BCUT2D eigenvalue weighted by Crippen LogP contribution is 2.25. The van der Waals surface area contributed by atoms with Gasteiger partial charge in [0.25, 0.3) is 5.91 Å². The lowest BCUT2D eigenvalue weighted by Gasteiger charge is -2.14. The standard InChI is InChI=1S/C24H23FN4O3S/c1-14(2)33(31,32)17-10-8-16(9-11-17)21-13-27-23-22(29-21)19(12-26-23)24(30)28-15(3)18-6-4-5-7-20(18)25/h4-15H,1-3H3,(H,26,27)(H,28,30)/t15-/m0/s1. The second-order valence-corrected chi connectivity index (χ2v) is 10.5. The van der Waals surface area contributed by atoms with Crippen LogP contribution in [0.1, 0.15) is 42.7 Å². The van der Waals surface area contributed by atoms with Crippen molar-refractivity contribution in [3.63, 3.8) is 0 Å². The number of H-pyrrole nitrogens is 1. The second-order valence-electron chi connectivity index (χ2n) is 7.99. The lowest BCUT2D eigenvalue weighted by molar-refractivity contribution is 0.0941. The van der Waals surface area contributed by atoms with Crippen molar-refractivity contribution in [3.05, 3.63) is 77.9 Å². The van der Waals surface area contributed by atoms with E-state index in [4.69, 9.17) is 0 Å². The number of benzene rings is 2. The molecule has 0 radical (unpaired) electrons. The molecule has 0 saturated heterocycles. The van der Waals surface area contributed by atoms with Crippen LogP contribution in [0.15, 0.2) is 65.8 Å². The third-order valence-corrected chi connectivity index (χ3v) is 7.61. The third-order valence-electron chi connectivity index (χ3n) is 5.44. The molecule has 4 aromatic rings. The summed E-state index contributed by atoms with van der Waals surface area (Å²) in [5.41, 5.74) is 2.62. The number of aromatic nitrogens is 3. The van der Waals surface area contributed by atoms with E-state index in [-0.39, 0.29) is 10.5 Å². The largest absolute Gasteiger partial charge is 0.345 e. The molecule has 2 aromatic carbocycles. The van der Waals surface area contributed by atoms with Crippen LogP contribution < -0.4 is 5.32 Å². The predicted octanol–water partition coefficient (Wildman–Crippen LogP) is 4.44. The van der Waals surface area contributed by atoms with Gasteiger partial charge in [0.05, 0.1) is 33.6 Å². The molecule has 0 bridgehead atoms. The number of sulfone groups is 1. The third kappa shape index (κ3) is 4.36. The Kier molecular flexibility index (Phi) is 5.99. The summed E-state index contributed by atoms with van der Waals surface area (Å²) in [7, 11) is -3.38. The summed E-state index contributed by atoms with van der Waals surface area (Å²) in [6, 6.07) is 12.1. The number of carbonyl (C=O) groups is 1. The van der Waals surface area contributed by atoms with Crippen molar-refractivity contribution in [1.29, 1.82) is 0 Å². The molecule has 1 amide bonds. The van der Waals surface area contributed by atoms with E-state index in [0.29, 0.717) is 28.0 Å². The fourth-order valence-electron chi connectivity index (χ4n) is 3.47. The Labute approximate surface area is 191 Å². The number of fused-ring (bicyclic) bond motifs is 1. The molecule has 0 aliphatic carbocycles. The molecular weight excluding hydrogens is 443 g/mol. The summed E-state index contributed by atoms with van der Waals surface area (Å²) in [6.45, 7) is 4.97. The first-order chi connectivity index (χ1) is 15.7. The maximum Gasteiger partial charge on any atom is 0.255 e. The summed E-state index contributed by atoms with van der Waals surface area (Å²) >= 11 is 0. The van der Waals surface area contributed by atoms with Gasteiger partial charge < -0.3 is 10.3 Å². The van der Waals surface area contributed by atoms with Crippen LogP contribution >= 0.6 is 0 Å². The molecule has 2 N–H and O–H groups in total. The normalized spacial score (nSPS) is 12.8. The van der Waals surface area contributed by atoms with Crippen LogP contribution in [0.2, 0.25) is 0 Å². The number of nitrogens with zero attached hydrogens (tertiary/aromatic N) is 2. The number of nitrogens with one attached hydrogen (secondary N) is 2. The van der Waals surface area contributed by atoms with Crippen LogP contribution in [0.25, 0.3) is 22.4 Å². The van der Waals surface area contributed by atoms with E-state index in [1.807, 2.05) is 0 Å². The lowest BCUT2D eigenvalue weighted by atomic mass is 10.1. The zero-order chi connectivity index (χ0) is 23.8. The minimum Gasteiger partial charge on any atom is -0.345 e. The molecule has 1 atom stereocenters. The highest BCUT2D eigenvalue weighted by atomic mass is 32.2. The molecule has 9 heteroatoms. The topological polar surface area (TPSA) is 105 Å². The Morgan fingerprint density at radius 1 is 1.06 bits per heavy atom. The van der Waals surface area contributed by atoms with Crippen molar-refractivity contribution in [2.24, 2.45) is 0 Å². The van der Waals surface area contributed by atoms with E-state index in [9.17, 15) is 17.6 Å². The van der Waals surface area contributed by atoms with Crippen LogP contribution in [-0.2, 0) is 9.84 Å². The van der Waals surface area contributed by atoms with Crippen molar-refractivity contribution in [2.45, 2.75) is 37.0 Å². The van der Waals surface area contributed by atoms with E-state index in [2.05, 4.69) is 20.3 Å². The van der Waals surface area contributed by atoms with Crippen LogP contribution in [0, 0.1) is 5.82 Å².